The summed E-state index contributed by atoms with van der Waals surface area (Å²) >= 11 is 0. The first kappa shape index (κ1) is 30.5. The van der Waals surface area contributed by atoms with Crippen molar-refractivity contribution >= 4 is 28.1 Å². The van der Waals surface area contributed by atoms with Gasteiger partial charge in [-0.3, -0.25) is 4.79 Å². The second kappa shape index (κ2) is 12.6. The normalized spacial score (nSPS) is 15.9. The van der Waals surface area contributed by atoms with Crippen LogP contribution >= 0.6 is 0 Å². The predicted octanol–water partition coefficient (Wildman–Crippen LogP) is 3.44. The number of hydrogen-bond acceptors (Lipinski definition) is 8. The van der Waals surface area contributed by atoms with Crippen molar-refractivity contribution in [2.24, 2.45) is 0 Å². The summed E-state index contributed by atoms with van der Waals surface area (Å²) in [6.45, 7) is 2.31. The van der Waals surface area contributed by atoms with E-state index in [1.807, 2.05) is 6.07 Å². The maximum atomic E-state index is 13.8. The van der Waals surface area contributed by atoms with Crippen molar-refractivity contribution in [3.8, 4) is 5.75 Å². The first-order valence-electron chi connectivity index (χ1n) is 12.8. The molecular weight excluding hydrogens is 571 g/mol. The van der Waals surface area contributed by atoms with E-state index in [1.54, 1.807) is 30.3 Å². The molecule has 13 heteroatoms. The molecule has 0 radical (unpaired) electrons. The summed E-state index contributed by atoms with van der Waals surface area (Å²) < 4.78 is 57.9. The topological polar surface area (TPSA) is 149 Å². The summed E-state index contributed by atoms with van der Waals surface area (Å²) in [5.41, 5.74) is -0.0100. The number of aliphatic carboxylic acids is 1. The minimum atomic E-state index is -4.04. The Morgan fingerprint density at radius 1 is 1.00 bits per heavy atom. The van der Waals surface area contributed by atoms with E-state index in [0.717, 1.165) is 12.5 Å². The highest BCUT2D eigenvalue weighted by Gasteiger charge is 2.52. The van der Waals surface area contributed by atoms with Crippen molar-refractivity contribution in [3.63, 3.8) is 0 Å². The minimum absolute atomic E-state index is 0.0498. The number of carboxylic acid groups (broad SMARTS) is 1. The van der Waals surface area contributed by atoms with Gasteiger partial charge in [0.15, 0.2) is 5.60 Å². The number of sulfonamides is 1. The second-order valence-corrected chi connectivity index (χ2v) is 11.6. The number of amides is 1. The van der Waals surface area contributed by atoms with Crippen LogP contribution in [0.5, 0.6) is 5.75 Å². The molecule has 1 amide bonds. The molecule has 0 saturated carbocycles. The average Bonchev–Trinajstić information content (AvgIpc) is 2.90. The first-order chi connectivity index (χ1) is 19.9. The summed E-state index contributed by atoms with van der Waals surface area (Å²) in [5.74, 6) is -2.30. The Hall–Kier alpha value is -4.49. The van der Waals surface area contributed by atoms with Gasteiger partial charge in [-0.15, -0.1) is 0 Å². The Balaban J connectivity index is 1.49. The van der Waals surface area contributed by atoms with E-state index in [0.29, 0.717) is 5.56 Å². The fourth-order valence-electron chi connectivity index (χ4n) is 4.50. The molecule has 0 aliphatic carbocycles. The van der Waals surface area contributed by atoms with Gasteiger partial charge in [-0.2, -0.15) is 4.31 Å². The van der Waals surface area contributed by atoms with Gasteiger partial charge >= 0.3 is 18.0 Å². The first-order valence-corrected chi connectivity index (χ1v) is 14.3. The fourth-order valence-corrected chi connectivity index (χ4v) is 6.11. The summed E-state index contributed by atoms with van der Waals surface area (Å²) in [7, 11) is -4.04. The van der Waals surface area contributed by atoms with Gasteiger partial charge in [0.1, 0.15) is 17.6 Å². The van der Waals surface area contributed by atoms with E-state index in [2.05, 4.69) is 10.1 Å². The number of carbonyl (C=O) groups is 3. The predicted molar refractivity (Wildman–Crippen MR) is 146 cm³/mol. The quantitative estimate of drug-likeness (QED) is 0.249. The monoisotopic (exact) mass is 600 g/mol. The minimum Gasteiger partial charge on any atom is -0.480 e. The van der Waals surface area contributed by atoms with Crippen LogP contribution in [0.15, 0.2) is 83.8 Å². The molecule has 0 spiro atoms. The van der Waals surface area contributed by atoms with E-state index in [1.165, 1.54) is 53.7 Å². The standard InChI is InChI=1S/C29H29FN2O9S/c1-19(33)39-20(2)40-28(36)31-26(27(34)35)15-21-8-6-13-25(14-21)42(37,38)32-17-29(18-32,22-9-4-3-5-10-22)41-24-12-7-11-23(30)16-24/h3-14,16,20,26H,15,17-18H2,1-2H3,(H,31,36)(H,34,35)/t20-,26-/m0/s1. The van der Waals surface area contributed by atoms with Crippen molar-refractivity contribution < 1.29 is 46.5 Å². The smallest absolute Gasteiger partial charge is 0.410 e. The van der Waals surface area contributed by atoms with Gasteiger partial charge in [0, 0.05) is 26.3 Å². The maximum Gasteiger partial charge on any atom is 0.410 e. The molecule has 1 aliphatic heterocycles. The molecule has 42 heavy (non-hydrogen) atoms. The molecule has 2 N–H and O–H groups in total. The van der Waals surface area contributed by atoms with Crippen LogP contribution in [0.3, 0.4) is 0 Å². The molecule has 11 nitrogen and oxygen atoms in total. The number of rotatable bonds is 11. The Kier molecular flexibility index (Phi) is 9.12. The lowest BCUT2D eigenvalue weighted by molar-refractivity contribution is -0.162. The molecule has 1 saturated heterocycles. The zero-order valence-electron chi connectivity index (χ0n) is 22.7. The third-order valence-electron chi connectivity index (χ3n) is 6.44. The van der Waals surface area contributed by atoms with Gasteiger partial charge in [-0.1, -0.05) is 48.5 Å². The number of alkyl carbamates (subject to hydrolysis) is 1. The molecular formula is C29H29FN2O9S. The Labute approximate surface area is 241 Å². The van der Waals surface area contributed by atoms with Crippen molar-refractivity contribution in [2.75, 3.05) is 13.1 Å². The number of ether oxygens (including phenoxy) is 3. The molecule has 1 heterocycles. The third kappa shape index (κ3) is 7.22. The van der Waals surface area contributed by atoms with E-state index >= 15 is 0 Å². The van der Waals surface area contributed by atoms with Gasteiger partial charge in [0.05, 0.1) is 18.0 Å². The molecule has 3 aromatic rings. The summed E-state index contributed by atoms with van der Waals surface area (Å²) in [6.07, 6.45) is -2.63. The molecule has 1 fully saturated rings. The lowest BCUT2D eigenvalue weighted by Gasteiger charge is -2.48. The maximum absolute atomic E-state index is 13.8. The Morgan fingerprint density at radius 2 is 1.69 bits per heavy atom. The number of esters is 1. The highest BCUT2D eigenvalue weighted by atomic mass is 32.2. The van der Waals surface area contributed by atoms with Gasteiger partial charge in [0.2, 0.25) is 16.3 Å². The molecule has 4 rings (SSSR count). The molecule has 0 bridgehead atoms. The van der Waals surface area contributed by atoms with Crippen molar-refractivity contribution in [2.45, 2.75) is 43.1 Å². The number of halogens is 1. The lowest BCUT2D eigenvalue weighted by atomic mass is 9.87. The van der Waals surface area contributed by atoms with Gasteiger partial charge < -0.3 is 24.6 Å². The summed E-state index contributed by atoms with van der Waals surface area (Å²) in [5, 5.41) is 11.8. The second-order valence-electron chi connectivity index (χ2n) is 9.66. The third-order valence-corrected chi connectivity index (χ3v) is 8.23. The Bertz CT molecular complexity index is 1560. The zero-order valence-corrected chi connectivity index (χ0v) is 23.5. The molecule has 0 aromatic heterocycles. The fraction of sp³-hybridized carbons (Fsp3) is 0.276. The van der Waals surface area contributed by atoms with Crippen LogP contribution in [0.4, 0.5) is 9.18 Å². The Morgan fingerprint density at radius 3 is 2.33 bits per heavy atom. The van der Waals surface area contributed by atoms with Gasteiger partial charge in [-0.05, 0) is 35.4 Å². The largest absolute Gasteiger partial charge is 0.480 e. The van der Waals surface area contributed by atoms with Crippen LogP contribution in [0.25, 0.3) is 0 Å². The van der Waals surface area contributed by atoms with Gasteiger partial charge in [-0.25, -0.2) is 22.4 Å². The molecule has 2 atom stereocenters. The van der Waals surface area contributed by atoms with Crippen LogP contribution in [0.1, 0.15) is 25.0 Å². The van der Waals surface area contributed by atoms with E-state index < -0.39 is 51.8 Å². The SMILES string of the molecule is CC(=O)O[C@H](C)OC(=O)N[C@@H](Cc1cccc(S(=O)(=O)N2CC(Oc3cccc(F)c3)(c3ccccc3)C2)c1)C(=O)O. The van der Waals surface area contributed by atoms with Crippen molar-refractivity contribution in [1.82, 2.24) is 9.62 Å². The number of carboxylic acids is 1. The number of nitrogens with one attached hydrogen (secondary N) is 1. The molecule has 1 aliphatic rings. The average molecular weight is 601 g/mol. The molecule has 0 unspecified atom stereocenters. The van der Waals surface area contributed by atoms with Crippen LogP contribution in [0, 0.1) is 5.82 Å². The van der Waals surface area contributed by atoms with Crippen LogP contribution in [-0.2, 0) is 41.1 Å². The zero-order chi connectivity index (χ0) is 30.5. The van der Waals surface area contributed by atoms with Gasteiger partial charge in [0.25, 0.3) is 0 Å². The molecule has 3 aromatic carbocycles. The summed E-state index contributed by atoms with van der Waals surface area (Å²) in [6, 6.07) is 18.9. The number of benzene rings is 3. The van der Waals surface area contributed by atoms with E-state index in [9.17, 15) is 32.3 Å². The lowest BCUT2D eigenvalue weighted by Crippen LogP contribution is -2.64. The van der Waals surface area contributed by atoms with E-state index in [-0.39, 0.29) is 30.2 Å². The number of nitrogens with zero attached hydrogens (tertiary/aromatic N) is 1. The summed E-state index contributed by atoms with van der Waals surface area (Å²) in [4.78, 5) is 34.8. The highest BCUT2D eigenvalue weighted by molar-refractivity contribution is 7.89. The van der Waals surface area contributed by atoms with E-state index in [4.69, 9.17) is 9.47 Å². The number of hydrogen-bond donors (Lipinski definition) is 2. The number of carbonyl (C=O) groups excluding carboxylic acids is 2. The van der Waals surface area contributed by atoms with Crippen molar-refractivity contribution in [3.05, 3.63) is 95.8 Å². The van der Waals surface area contributed by atoms with Crippen LogP contribution < -0.4 is 10.1 Å². The molecule has 222 valence electrons. The van der Waals surface area contributed by atoms with Crippen molar-refractivity contribution in [1.29, 1.82) is 0 Å². The highest BCUT2D eigenvalue weighted by Crippen LogP contribution is 2.40. The van der Waals surface area contributed by atoms with Crippen LogP contribution in [0.2, 0.25) is 0 Å². The van der Waals surface area contributed by atoms with Crippen LogP contribution in [-0.4, -0.2) is 61.3 Å².